The summed E-state index contributed by atoms with van der Waals surface area (Å²) < 4.78 is 27.0. The monoisotopic (exact) mass is 438 g/mol. The van der Waals surface area contributed by atoms with Crippen molar-refractivity contribution < 1.29 is 23.2 Å². The smallest absolute Gasteiger partial charge is 0.325 e. The summed E-state index contributed by atoms with van der Waals surface area (Å²) in [5, 5.41) is 3.55. The molecule has 0 atom stereocenters. The van der Waals surface area contributed by atoms with Gasteiger partial charge >= 0.3 is 6.03 Å². The highest BCUT2D eigenvalue weighted by Gasteiger charge is 2.55. The minimum absolute atomic E-state index is 0.136. The molecule has 164 valence electrons. The summed E-state index contributed by atoms with van der Waals surface area (Å²) in [6.45, 7) is -0.433. The Hall–Kier alpha value is -3.62. The van der Waals surface area contributed by atoms with Crippen molar-refractivity contribution in [2.75, 3.05) is 6.54 Å². The van der Waals surface area contributed by atoms with E-state index in [2.05, 4.69) is 15.3 Å². The average molecular weight is 438 g/mol. The number of halogens is 2. The normalized spacial score (nSPS) is 19.5. The summed E-state index contributed by atoms with van der Waals surface area (Å²) in [6, 6.07) is 8.08. The van der Waals surface area contributed by atoms with Crippen molar-refractivity contribution in [3.8, 4) is 11.1 Å². The minimum Gasteiger partial charge on any atom is -0.360 e. The molecule has 0 radical (unpaired) electrons. The first-order chi connectivity index (χ1) is 15.3. The van der Waals surface area contributed by atoms with Crippen molar-refractivity contribution in [2.45, 2.75) is 37.1 Å². The van der Waals surface area contributed by atoms with Gasteiger partial charge in [0, 0.05) is 41.7 Å². The average Bonchev–Trinajstić information content (AvgIpc) is 3.35. The molecule has 1 aliphatic heterocycles. The summed E-state index contributed by atoms with van der Waals surface area (Å²) in [7, 11) is 0. The zero-order chi connectivity index (χ0) is 22.5. The molecular formula is C23H20F2N4O3. The molecule has 0 bridgehead atoms. The fourth-order valence-corrected chi connectivity index (χ4v) is 4.48. The Morgan fingerprint density at radius 2 is 1.75 bits per heavy atom. The second-order valence-electron chi connectivity index (χ2n) is 8.39. The molecule has 2 N–H and O–H groups in total. The number of H-pyrrole nitrogens is 1. The van der Waals surface area contributed by atoms with Crippen molar-refractivity contribution >= 4 is 28.6 Å². The molecule has 2 aromatic heterocycles. The van der Waals surface area contributed by atoms with Crippen LogP contribution in [0.15, 0.2) is 48.9 Å². The first-order valence-corrected chi connectivity index (χ1v) is 10.3. The number of pyridine rings is 1. The summed E-state index contributed by atoms with van der Waals surface area (Å²) in [4.78, 5) is 46.1. The number of urea groups is 1. The number of aromatic nitrogens is 2. The number of imide groups is 1. The van der Waals surface area contributed by atoms with Gasteiger partial charge < -0.3 is 10.3 Å². The number of Topliss-reactive ketones (excluding diaryl/α,β-unsaturated/α-hetero) is 1. The van der Waals surface area contributed by atoms with Gasteiger partial charge in [-0.1, -0.05) is 24.3 Å². The standard InChI is InChI=1S/C23H20F2N4O3/c24-23(25)8-6-22(7-9-23)20(31)29(21(32)28-22)13-19(30)15-3-1-14(2-4-15)17-11-26-12-18-16(17)5-10-27-18/h1-5,10-12,27H,6-9,13H2,(H,28,32). The van der Waals surface area contributed by atoms with Crippen LogP contribution in [0, 0.1) is 0 Å². The van der Waals surface area contributed by atoms with Crippen LogP contribution in [-0.4, -0.2) is 50.6 Å². The van der Waals surface area contributed by atoms with E-state index in [9.17, 15) is 23.2 Å². The quantitative estimate of drug-likeness (QED) is 0.477. The van der Waals surface area contributed by atoms with Crippen LogP contribution in [0.5, 0.6) is 0 Å². The van der Waals surface area contributed by atoms with E-state index in [0.29, 0.717) is 5.56 Å². The fraction of sp³-hybridized carbons (Fsp3) is 0.304. The van der Waals surface area contributed by atoms with E-state index in [1.807, 2.05) is 12.3 Å². The van der Waals surface area contributed by atoms with Gasteiger partial charge in [0.2, 0.25) is 5.92 Å². The lowest BCUT2D eigenvalue weighted by molar-refractivity contribution is -0.135. The maximum absolute atomic E-state index is 13.5. The Morgan fingerprint density at radius 3 is 2.47 bits per heavy atom. The molecule has 1 saturated heterocycles. The number of amides is 3. The maximum Gasteiger partial charge on any atom is 0.325 e. The number of carbonyl (C=O) groups is 3. The van der Waals surface area contributed by atoms with Crippen LogP contribution in [0.2, 0.25) is 0 Å². The number of ketones is 1. The van der Waals surface area contributed by atoms with E-state index in [0.717, 1.165) is 26.9 Å². The highest BCUT2D eigenvalue weighted by atomic mass is 19.3. The van der Waals surface area contributed by atoms with E-state index in [4.69, 9.17) is 0 Å². The molecule has 1 spiro atoms. The van der Waals surface area contributed by atoms with E-state index in [1.54, 1.807) is 36.7 Å². The van der Waals surface area contributed by atoms with Gasteiger partial charge in [-0.15, -0.1) is 0 Å². The lowest BCUT2D eigenvalue weighted by atomic mass is 9.80. The third-order valence-electron chi connectivity index (χ3n) is 6.38. The predicted octanol–water partition coefficient (Wildman–Crippen LogP) is 3.91. The van der Waals surface area contributed by atoms with Gasteiger partial charge in [-0.2, -0.15) is 0 Å². The maximum atomic E-state index is 13.5. The Balaban J connectivity index is 1.32. The number of rotatable bonds is 4. The molecule has 2 fully saturated rings. The molecule has 9 heteroatoms. The third kappa shape index (κ3) is 3.34. The van der Waals surface area contributed by atoms with Gasteiger partial charge in [0.1, 0.15) is 5.54 Å². The van der Waals surface area contributed by atoms with Crippen LogP contribution in [0.1, 0.15) is 36.0 Å². The number of benzene rings is 1. The van der Waals surface area contributed by atoms with Crippen molar-refractivity contribution in [3.05, 3.63) is 54.5 Å². The molecule has 32 heavy (non-hydrogen) atoms. The number of alkyl halides is 2. The molecule has 3 heterocycles. The van der Waals surface area contributed by atoms with Crippen molar-refractivity contribution in [1.29, 1.82) is 0 Å². The summed E-state index contributed by atoms with van der Waals surface area (Å²) in [5.74, 6) is -3.84. The van der Waals surface area contributed by atoms with Gasteiger partial charge in [0.25, 0.3) is 5.91 Å². The Kier molecular flexibility index (Phi) is 4.58. The molecule has 3 amide bonds. The molecule has 0 unspecified atom stereocenters. The Bertz CT molecular complexity index is 1230. The minimum atomic E-state index is -2.83. The molecule has 5 rings (SSSR count). The topological polar surface area (TPSA) is 95.2 Å². The second-order valence-corrected chi connectivity index (χ2v) is 8.39. The number of fused-ring (bicyclic) bond motifs is 1. The summed E-state index contributed by atoms with van der Waals surface area (Å²) in [5.41, 5.74) is 1.70. The summed E-state index contributed by atoms with van der Waals surface area (Å²) in [6.07, 6.45) is 4.09. The number of carbonyl (C=O) groups excluding carboxylic acids is 3. The van der Waals surface area contributed by atoms with Crippen LogP contribution in [-0.2, 0) is 4.79 Å². The van der Waals surface area contributed by atoms with Crippen molar-refractivity contribution in [3.63, 3.8) is 0 Å². The van der Waals surface area contributed by atoms with E-state index in [1.165, 1.54) is 0 Å². The van der Waals surface area contributed by atoms with Gasteiger partial charge in [-0.3, -0.25) is 19.5 Å². The van der Waals surface area contributed by atoms with Crippen LogP contribution in [0.4, 0.5) is 13.6 Å². The second kappa shape index (κ2) is 7.22. The highest BCUT2D eigenvalue weighted by Crippen LogP contribution is 2.41. The largest absolute Gasteiger partial charge is 0.360 e. The lowest BCUT2D eigenvalue weighted by Crippen LogP contribution is -2.51. The van der Waals surface area contributed by atoms with Crippen LogP contribution >= 0.6 is 0 Å². The van der Waals surface area contributed by atoms with Crippen LogP contribution in [0.25, 0.3) is 22.0 Å². The van der Waals surface area contributed by atoms with Gasteiger partial charge in [0.05, 0.1) is 18.3 Å². The number of nitrogens with zero attached hydrogens (tertiary/aromatic N) is 2. The van der Waals surface area contributed by atoms with Crippen molar-refractivity contribution in [2.24, 2.45) is 0 Å². The molecular weight excluding hydrogens is 418 g/mol. The number of hydrogen-bond acceptors (Lipinski definition) is 4. The van der Waals surface area contributed by atoms with Crippen LogP contribution in [0.3, 0.4) is 0 Å². The van der Waals surface area contributed by atoms with Gasteiger partial charge in [-0.05, 0) is 24.5 Å². The van der Waals surface area contributed by atoms with E-state index >= 15 is 0 Å². The zero-order valence-corrected chi connectivity index (χ0v) is 17.0. The van der Waals surface area contributed by atoms with Crippen LogP contribution < -0.4 is 5.32 Å². The molecule has 1 saturated carbocycles. The van der Waals surface area contributed by atoms with Crippen molar-refractivity contribution in [1.82, 2.24) is 20.2 Å². The highest BCUT2D eigenvalue weighted by molar-refractivity contribution is 6.11. The number of aromatic amines is 1. The molecule has 1 aliphatic carbocycles. The Labute approximate surface area is 181 Å². The molecule has 7 nitrogen and oxygen atoms in total. The van der Waals surface area contributed by atoms with Gasteiger partial charge in [0.15, 0.2) is 5.78 Å². The number of hydrogen-bond donors (Lipinski definition) is 2. The molecule has 1 aromatic carbocycles. The van der Waals surface area contributed by atoms with E-state index in [-0.39, 0.29) is 12.8 Å². The lowest BCUT2D eigenvalue weighted by Gasteiger charge is -2.34. The molecule has 3 aromatic rings. The molecule has 2 aliphatic rings. The first kappa shape index (κ1) is 20.3. The zero-order valence-electron chi connectivity index (χ0n) is 17.0. The Morgan fingerprint density at radius 1 is 1.03 bits per heavy atom. The predicted molar refractivity (Wildman–Crippen MR) is 112 cm³/mol. The number of nitrogens with one attached hydrogen (secondary N) is 2. The third-order valence-corrected chi connectivity index (χ3v) is 6.38. The SMILES string of the molecule is O=C(CN1C(=O)NC2(CCC(F)(F)CC2)C1=O)c1ccc(-c2cncc3[nH]ccc23)cc1. The van der Waals surface area contributed by atoms with E-state index < -0.39 is 48.6 Å². The first-order valence-electron chi connectivity index (χ1n) is 10.3. The van der Waals surface area contributed by atoms with Gasteiger partial charge in [-0.25, -0.2) is 13.6 Å². The summed E-state index contributed by atoms with van der Waals surface area (Å²) >= 11 is 0. The fourth-order valence-electron chi connectivity index (χ4n) is 4.48.